The van der Waals surface area contributed by atoms with E-state index in [1.807, 2.05) is 33.3 Å². The van der Waals surface area contributed by atoms with Crippen LogP contribution >= 0.6 is 0 Å². The summed E-state index contributed by atoms with van der Waals surface area (Å²) in [7, 11) is 5.89. The van der Waals surface area contributed by atoms with Crippen molar-refractivity contribution in [3.8, 4) is 0 Å². The molecule has 2 atom stereocenters. The maximum Gasteiger partial charge on any atom is 0.306 e. The van der Waals surface area contributed by atoms with Crippen molar-refractivity contribution in [1.82, 2.24) is 0 Å². The average molecular weight is 999 g/mol. The number of esters is 2. The predicted molar refractivity (Wildman–Crippen MR) is 297 cm³/mol. The Balaban J connectivity index is 4.05. The minimum absolute atomic E-state index is 0.126. The van der Waals surface area contributed by atoms with Crippen molar-refractivity contribution in [2.24, 2.45) is 0 Å². The number of rotatable bonds is 54. The van der Waals surface area contributed by atoms with Crippen molar-refractivity contribution >= 4 is 17.9 Å². The summed E-state index contributed by atoms with van der Waals surface area (Å²) in [5.41, 5.74) is 0. The first-order valence-corrected chi connectivity index (χ1v) is 29.4. The Bertz CT molecular complexity index is 1350. The fourth-order valence-corrected chi connectivity index (χ4v) is 8.25. The normalized spacial score (nSPS) is 13.2. The van der Waals surface area contributed by atoms with Gasteiger partial charge in [0, 0.05) is 12.8 Å². The molecule has 0 aromatic carbocycles. The van der Waals surface area contributed by atoms with Crippen LogP contribution in [0.2, 0.25) is 0 Å². The molecule has 0 aromatic heterocycles. The fourth-order valence-electron chi connectivity index (χ4n) is 8.25. The number of aliphatic carboxylic acids is 1. The first-order chi connectivity index (χ1) is 34.6. The van der Waals surface area contributed by atoms with E-state index in [-0.39, 0.29) is 38.6 Å². The third kappa shape index (κ3) is 54.6. The number of hydrogen-bond acceptors (Lipinski definition) is 8. The average Bonchev–Trinajstić information content (AvgIpc) is 3.34. The molecule has 0 fully saturated rings. The summed E-state index contributed by atoms with van der Waals surface area (Å²) in [6, 6.07) is 0. The molecule has 0 amide bonds. The maximum absolute atomic E-state index is 12.7. The Labute approximate surface area is 437 Å². The molecule has 2 unspecified atom stereocenters. The smallest absolute Gasteiger partial charge is 0.306 e. The van der Waals surface area contributed by atoms with Gasteiger partial charge in [-0.1, -0.05) is 242 Å². The van der Waals surface area contributed by atoms with E-state index in [4.69, 9.17) is 18.9 Å². The SMILES string of the molecule is CC/C=C\C/C=C\C/C=C\C/C=C\CCC(=O)OC(COC(=O)CCCCCCCCCCCCCCCCCCCCCCC/C=C\CCCCCCCCCC)COC(OCC[N+](C)(C)C)C(=O)[O-]. The van der Waals surface area contributed by atoms with E-state index in [0.29, 0.717) is 17.4 Å². The fraction of sp³-hybridized carbons (Fsp3) is 0.790. The molecule has 412 valence electrons. The lowest BCUT2D eigenvalue weighted by atomic mass is 10.0. The van der Waals surface area contributed by atoms with Gasteiger partial charge in [0.05, 0.1) is 40.3 Å². The van der Waals surface area contributed by atoms with Crippen molar-refractivity contribution in [3.05, 3.63) is 60.8 Å². The molecule has 0 N–H and O–H groups in total. The molecule has 0 saturated heterocycles. The molecule has 0 spiro atoms. The molecule has 71 heavy (non-hydrogen) atoms. The number of likely N-dealkylation sites (N-methyl/N-ethyl adjacent to an activating group) is 1. The monoisotopic (exact) mass is 998 g/mol. The summed E-state index contributed by atoms with van der Waals surface area (Å²) in [4.78, 5) is 37.1. The van der Waals surface area contributed by atoms with Crippen LogP contribution in [0, 0.1) is 0 Å². The van der Waals surface area contributed by atoms with Gasteiger partial charge >= 0.3 is 11.9 Å². The van der Waals surface area contributed by atoms with Crippen molar-refractivity contribution < 1.29 is 42.9 Å². The Hall–Kier alpha value is -3.01. The van der Waals surface area contributed by atoms with Crippen LogP contribution in [-0.2, 0) is 33.3 Å². The highest BCUT2D eigenvalue weighted by molar-refractivity contribution is 5.70. The van der Waals surface area contributed by atoms with Gasteiger partial charge in [-0.2, -0.15) is 0 Å². The summed E-state index contributed by atoms with van der Waals surface area (Å²) in [5.74, 6) is -2.39. The van der Waals surface area contributed by atoms with Crippen LogP contribution in [-0.4, -0.2) is 82.3 Å². The van der Waals surface area contributed by atoms with Gasteiger partial charge in [0.15, 0.2) is 12.4 Å². The minimum Gasteiger partial charge on any atom is -0.545 e. The first kappa shape index (κ1) is 68.0. The number of carbonyl (C=O) groups is 3. The lowest BCUT2D eigenvalue weighted by Crippen LogP contribution is -2.44. The number of carboxylic acids is 1. The zero-order valence-corrected chi connectivity index (χ0v) is 46.8. The largest absolute Gasteiger partial charge is 0.545 e. The summed E-state index contributed by atoms with van der Waals surface area (Å²) in [6.07, 6.45) is 64.7. The number of carbonyl (C=O) groups excluding carboxylic acids is 3. The van der Waals surface area contributed by atoms with E-state index in [9.17, 15) is 19.5 Å². The highest BCUT2D eigenvalue weighted by Crippen LogP contribution is 2.17. The molecule has 0 aliphatic carbocycles. The van der Waals surface area contributed by atoms with Crippen molar-refractivity contribution in [2.75, 3.05) is 47.5 Å². The Morgan fingerprint density at radius 2 is 0.831 bits per heavy atom. The second-order valence-corrected chi connectivity index (χ2v) is 20.9. The molecular formula is C62H111NO8. The van der Waals surface area contributed by atoms with Gasteiger partial charge in [-0.3, -0.25) is 9.59 Å². The zero-order valence-electron chi connectivity index (χ0n) is 46.8. The number of ether oxygens (including phenoxy) is 4. The number of hydrogen-bond donors (Lipinski definition) is 0. The third-order valence-corrected chi connectivity index (χ3v) is 12.8. The molecule has 0 aliphatic rings. The van der Waals surface area contributed by atoms with Gasteiger partial charge in [0.25, 0.3) is 0 Å². The van der Waals surface area contributed by atoms with Gasteiger partial charge in [-0.25, -0.2) is 0 Å². The number of carboxylic acid groups (broad SMARTS) is 1. The Morgan fingerprint density at radius 1 is 0.437 bits per heavy atom. The van der Waals surface area contributed by atoms with Crippen LogP contribution in [0.1, 0.15) is 258 Å². The van der Waals surface area contributed by atoms with Crippen LogP contribution in [0.25, 0.3) is 0 Å². The second-order valence-electron chi connectivity index (χ2n) is 20.9. The summed E-state index contributed by atoms with van der Waals surface area (Å²) in [5, 5.41) is 11.7. The number of nitrogens with zero attached hydrogens (tertiary/aromatic N) is 1. The van der Waals surface area contributed by atoms with Crippen LogP contribution < -0.4 is 5.11 Å². The molecule has 0 aromatic rings. The first-order valence-electron chi connectivity index (χ1n) is 29.4. The molecule has 9 nitrogen and oxygen atoms in total. The predicted octanol–water partition coefficient (Wildman–Crippen LogP) is 15.9. The zero-order chi connectivity index (χ0) is 52.0. The molecule has 0 heterocycles. The Kier molecular flexibility index (Phi) is 51.0. The van der Waals surface area contributed by atoms with Gasteiger partial charge in [0.1, 0.15) is 13.2 Å². The Morgan fingerprint density at radius 3 is 1.25 bits per heavy atom. The second kappa shape index (κ2) is 53.3. The maximum atomic E-state index is 12.7. The van der Waals surface area contributed by atoms with E-state index >= 15 is 0 Å². The highest BCUT2D eigenvalue weighted by atomic mass is 16.7. The minimum atomic E-state index is -1.64. The summed E-state index contributed by atoms with van der Waals surface area (Å²) >= 11 is 0. The number of quaternary nitrogens is 1. The van der Waals surface area contributed by atoms with Crippen molar-refractivity contribution in [3.63, 3.8) is 0 Å². The van der Waals surface area contributed by atoms with Crippen LogP contribution in [0.3, 0.4) is 0 Å². The summed E-state index contributed by atoms with van der Waals surface area (Å²) < 4.78 is 22.5. The van der Waals surface area contributed by atoms with E-state index in [2.05, 4.69) is 62.5 Å². The number of allylic oxidation sites excluding steroid dienone is 10. The lowest BCUT2D eigenvalue weighted by Gasteiger charge is -2.26. The molecule has 0 bridgehead atoms. The molecule has 9 heteroatoms. The third-order valence-electron chi connectivity index (χ3n) is 12.8. The number of unbranched alkanes of at least 4 members (excludes halogenated alkanes) is 29. The van der Waals surface area contributed by atoms with Gasteiger partial charge in [-0.05, 0) is 64.2 Å². The van der Waals surface area contributed by atoms with Crippen LogP contribution in [0.4, 0.5) is 0 Å². The molecular weight excluding hydrogens is 887 g/mol. The highest BCUT2D eigenvalue weighted by Gasteiger charge is 2.21. The topological polar surface area (TPSA) is 111 Å². The van der Waals surface area contributed by atoms with E-state index in [1.165, 1.54) is 180 Å². The van der Waals surface area contributed by atoms with Crippen LogP contribution in [0.5, 0.6) is 0 Å². The van der Waals surface area contributed by atoms with Crippen molar-refractivity contribution in [2.45, 2.75) is 270 Å². The molecule has 0 rings (SSSR count). The van der Waals surface area contributed by atoms with E-state index < -0.39 is 24.3 Å². The summed E-state index contributed by atoms with van der Waals surface area (Å²) in [6.45, 7) is 4.56. The van der Waals surface area contributed by atoms with E-state index in [1.54, 1.807) is 0 Å². The quantitative estimate of drug-likeness (QED) is 0.0195. The van der Waals surface area contributed by atoms with Crippen molar-refractivity contribution in [1.29, 1.82) is 0 Å². The molecule has 0 aliphatic heterocycles. The van der Waals surface area contributed by atoms with Gasteiger partial charge < -0.3 is 33.3 Å². The molecule has 0 saturated carbocycles. The van der Waals surface area contributed by atoms with Crippen LogP contribution in [0.15, 0.2) is 60.8 Å². The molecule has 0 radical (unpaired) electrons. The van der Waals surface area contributed by atoms with E-state index in [0.717, 1.165) is 44.9 Å². The van der Waals surface area contributed by atoms with Gasteiger partial charge in [-0.15, -0.1) is 0 Å². The standard InChI is InChI=1S/C62H111NO8/c1-6-8-10-12-14-16-18-20-21-22-23-24-25-26-27-28-29-30-31-32-33-34-35-36-37-38-39-41-42-44-46-48-50-52-59(64)69-56-58(57-70-62(61(66)67)68-55-54-63(3,4)5)71-60(65)53-51-49-47-45-43-40-19-17-15-13-11-9-7-2/h9,11,15,17,22-23,40,43,47,49,58,62H,6-8,10,12-14,16,18-21,24-39,41-42,44-46,48,50-57H2,1-5H3/b11-9-,17-15-,23-22-,43-40-,49-47-. The van der Waals surface area contributed by atoms with Gasteiger partial charge in [0.2, 0.25) is 0 Å². The lowest BCUT2D eigenvalue weighted by molar-refractivity contribution is -0.870.